The van der Waals surface area contributed by atoms with Crippen molar-refractivity contribution in [2.45, 2.75) is 0 Å². The molecule has 0 fully saturated rings. The Hall–Kier alpha value is -1.57. The number of rotatable bonds is 8. The predicted molar refractivity (Wildman–Crippen MR) is 81.8 cm³/mol. The van der Waals surface area contributed by atoms with Gasteiger partial charge < -0.3 is 20.7 Å². The lowest BCUT2D eigenvalue weighted by Gasteiger charge is -2.10. The van der Waals surface area contributed by atoms with Gasteiger partial charge >= 0.3 is 0 Å². The molecule has 1 amide bonds. The second-order valence-corrected chi connectivity index (χ2v) is 4.91. The van der Waals surface area contributed by atoms with Crippen LogP contribution in [-0.2, 0) is 4.74 Å². The Balaban J connectivity index is 2.27. The maximum atomic E-state index is 11.8. The zero-order valence-electron chi connectivity index (χ0n) is 11.8. The zero-order valence-corrected chi connectivity index (χ0v) is 12.6. The van der Waals surface area contributed by atoms with Crippen molar-refractivity contribution in [1.82, 2.24) is 15.2 Å². The fourth-order valence-electron chi connectivity index (χ4n) is 1.35. The lowest BCUT2D eigenvalue weighted by molar-refractivity contribution is 0.0896. The van der Waals surface area contributed by atoms with Gasteiger partial charge in [-0.1, -0.05) is 12.2 Å². The molecule has 0 aliphatic heterocycles. The molecule has 0 bridgehead atoms. The molecule has 1 aromatic rings. The van der Waals surface area contributed by atoms with E-state index in [1.165, 1.54) is 6.20 Å². The van der Waals surface area contributed by atoms with Gasteiger partial charge in [-0.15, -0.1) is 0 Å². The summed E-state index contributed by atoms with van der Waals surface area (Å²) < 4.78 is 5.37. The van der Waals surface area contributed by atoms with Crippen LogP contribution in [0.2, 0.25) is 0 Å². The third-order valence-electron chi connectivity index (χ3n) is 2.50. The minimum absolute atomic E-state index is 0.240. The Labute approximate surface area is 124 Å². The van der Waals surface area contributed by atoms with Crippen LogP contribution in [-0.4, -0.2) is 61.2 Å². The standard InChI is InChI=1S/C13H20N4O2S/c1-17(2)6-8-19-7-5-15-13(18)11-4-3-10(9-16-11)12(14)20/h3-4,9H,5-8H2,1-2H3,(H2,14,20)(H,15,18). The second kappa shape index (κ2) is 8.57. The molecule has 1 rings (SSSR count). The first-order chi connectivity index (χ1) is 9.50. The molecule has 1 heterocycles. The average molecular weight is 296 g/mol. The molecule has 1 aromatic heterocycles. The Morgan fingerprint density at radius 1 is 1.45 bits per heavy atom. The van der Waals surface area contributed by atoms with Crippen LogP contribution in [0.4, 0.5) is 0 Å². The number of hydrogen-bond acceptors (Lipinski definition) is 5. The van der Waals surface area contributed by atoms with Crippen molar-refractivity contribution in [3.8, 4) is 0 Å². The van der Waals surface area contributed by atoms with Gasteiger partial charge in [-0.05, 0) is 26.2 Å². The van der Waals surface area contributed by atoms with E-state index in [2.05, 4.69) is 10.3 Å². The highest BCUT2D eigenvalue weighted by Gasteiger charge is 2.06. The van der Waals surface area contributed by atoms with E-state index in [-0.39, 0.29) is 10.9 Å². The SMILES string of the molecule is CN(C)CCOCCNC(=O)c1ccc(C(N)=S)cn1. The van der Waals surface area contributed by atoms with Gasteiger partial charge in [0.2, 0.25) is 0 Å². The number of thiocarbonyl (C=S) groups is 1. The van der Waals surface area contributed by atoms with Gasteiger partial charge in [0.05, 0.1) is 13.2 Å². The minimum atomic E-state index is -0.240. The smallest absolute Gasteiger partial charge is 0.269 e. The molecule has 20 heavy (non-hydrogen) atoms. The minimum Gasteiger partial charge on any atom is -0.389 e. The molecule has 0 aliphatic rings. The third kappa shape index (κ3) is 6.05. The van der Waals surface area contributed by atoms with E-state index in [0.29, 0.717) is 31.0 Å². The first-order valence-corrected chi connectivity index (χ1v) is 6.68. The summed E-state index contributed by atoms with van der Waals surface area (Å²) in [5.74, 6) is -0.240. The molecule has 0 radical (unpaired) electrons. The summed E-state index contributed by atoms with van der Waals surface area (Å²) in [6.45, 7) is 2.43. The van der Waals surface area contributed by atoms with E-state index in [1.54, 1.807) is 12.1 Å². The van der Waals surface area contributed by atoms with E-state index in [1.807, 2.05) is 19.0 Å². The molecule has 0 atom stereocenters. The van der Waals surface area contributed by atoms with Gasteiger partial charge in [0.25, 0.3) is 5.91 Å². The number of carbonyl (C=O) groups is 1. The van der Waals surface area contributed by atoms with Crippen LogP contribution in [0.1, 0.15) is 16.1 Å². The van der Waals surface area contributed by atoms with Crippen LogP contribution in [0.25, 0.3) is 0 Å². The van der Waals surface area contributed by atoms with E-state index < -0.39 is 0 Å². The summed E-state index contributed by atoms with van der Waals surface area (Å²) in [7, 11) is 3.96. The first kappa shape index (κ1) is 16.5. The Morgan fingerprint density at radius 2 is 2.20 bits per heavy atom. The van der Waals surface area contributed by atoms with Crippen LogP contribution in [0.15, 0.2) is 18.3 Å². The molecule has 3 N–H and O–H groups in total. The average Bonchev–Trinajstić information content (AvgIpc) is 2.42. The summed E-state index contributed by atoms with van der Waals surface area (Å²) in [5, 5.41) is 2.73. The molecule has 0 saturated heterocycles. The molecule has 0 unspecified atom stereocenters. The summed E-state index contributed by atoms with van der Waals surface area (Å²) in [6.07, 6.45) is 1.49. The number of aromatic nitrogens is 1. The van der Waals surface area contributed by atoms with Crippen molar-refractivity contribution in [2.24, 2.45) is 5.73 Å². The number of nitrogens with one attached hydrogen (secondary N) is 1. The Bertz CT molecular complexity index is 448. The second-order valence-electron chi connectivity index (χ2n) is 4.47. The molecule has 0 aromatic carbocycles. The number of pyridine rings is 1. The number of carbonyl (C=O) groups excluding carboxylic acids is 1. The van der Waals surface area contributed by atoms with Crippen LogP contribution in [0.3, 0.4) is 0 Å². The Kier molecular flexibility index (Phi) is 7.06. The van der Waals surface area contributed by atoms with Gasteiger partial charge in [-0.3, -0.25) is 9.78 Å². The monoisotopic (exact) mass is 296 g/mol. The maximum Gasteiger partial charge on any atom is 0.269 e. The lowest BCUT2D eigenvalue weighted by Crippen LogP contribution is -2.29. The van der Waals surface area contributed by atoms with Crippen LogP contribution >= 0.6 is 12.2 Å². The Morgan fingerprint density at radius 3 is 2.75 bits per heavy atom. The van der Waals surface area contributed by atoms with Gasteiger partial charge in [-0.2, -0.15) is 0 Å². The van der Waals surface area contributed by atoms with Gasteiger partial charge in [0, 0.05) is 24.8 Å². The summed E-state index contributed by atoms with van der Waals surface area (Å²) in [4.78, 5) is 18.1. The maximum absolute atomic E-state index is 11.8. The molecule has 7 heteroatoms. The van der Waals surface area contributed by atoms with E-state index in [9.17, 15) is 4.79 Å². The van der Waals surface area contributed by atoms with Gasteiger partial charge in [0.1, 0.15) is 10.7 Å². The quantitative estimate of drug-likeness (QED) is 0.520. The molecular weight excluding hydrogens is 276 g/mol. The van der Waals surface area contributed by atoms with E-state index >= 15 is 0 Å². The van der Waals surface area contributed by atoms with Crippen molar-refractivity contribution in [2.75, 3.05) is 40.4 Å². The zero-order chi connectivity index (χ0) is 15.0. The van der Waals surface area contributed by atoms with Crippen molar-refractivity contribution < 1.29 is 9.53 Å². The number of hydrogen-bond donors (Lipinski definition) is 2. The largest absolute Gasteiger partial charge is 0.389 e. The molecular formula is C13H20N4O2S. The van der Waals surface area contributed by atoms with Gasteiger partial charge in [-0.25, -0.2) is 0 Å². The number of ether oxygens (including phenoxy) is 1. The van der Waals surface area contributed by atoms with Gasteiger partial charge in [0.15, 0.2) is 0 Å². The van der Waals surface area contributed by atoms with Crippen molar-refractivity contribution >= 4 is 23.1 Å². The lowest BCUT2D eigenvalue weighted by atomic mass is 10.2. The molecule has 0 saturated carbocycles. The van der Waals surface area contributed by atoms with Crippen LogP contribution in [0.5, 0.6) is 0 Å². The number of nitrogens with two attached hydrogens (primary N) is 1. The number of amides is 1. The van der Waals surface area contributed by atoms with Crippen LogP contribution in [0, 0.1) is 0 Å². The number of likely N-dealkylation sites (N-methyl/N-ethyl adjacent to an activating group) is 1. The topological polar surface area (TPSA) is 80.5 Å². The highest BCUT2D eigenvalue weighted by atomic mass is 32.1. The molecule has 0 spiro atoms. The molecule has 110 valence electrons. The first-order valence-electron chi connectivity index (χ1n) is 6.27. The third-order valence-corrected chi connectivity index (χ3v) is 2.73. The van der Waals surface area contributed by atoms with Crippen molar-refractivity contribution in [3.05, 3.63) is 29.6 Å². The van der Waals surface area contributed by atoms with Crippen molar-refractivity contribution in [3.63, 3.8) is 0 Å². The molecule has 0 aliphatic carbocycles. The predicted octanol–water partition coefficient (Wildman–Crippen LogP) is 0.0238. The summed E-state index contributed by atoms with van der Waals surface area (Å²) in [6, 6.07) is 3.27. The highest BCUT2D eigenvalue weighted by molar-refractivity contribution is 7.80. The summed E-state index contributed by atoms with van der Waals surface area (Å²) in [5.41, 5.74) is 6.43. The van der Waals surface area contributed by atoms with E-state index in [4.69, 9.17) is 22.7 Å². The summed E-state index contributed by atoms with van der Waals surface area (Å²) >= 11 is 4.82. The van der Waals surface area contributed by atoms with E-state index in [0.717, 1.165) is 6.54 Å². The van der Waals surface area contributed by atoms with Crippen LogP contribution < -0.4 is 11.1 Å². The molecule has 6 nitrogen and oxygen atoms in total. The number of nitrogens with zero attached hydrogens (tertiary/aromatic N) is 2. The fourth-order valence-corrected chi connectivity index (χ4v) is 1.47. The fraction of sp³-hybridized carbons (Fsp3) is 0.462. The van der Waals surface area contributed by atoms with Crippen molar-refractivity contribution in [1.29, 1.82) is 0 Å². The highest BCUT2D eigenvalue weighted by Crippen LogP contribution is 2.00. The normalized spacial score (nSPS) is 10.6.